The number of fused-ring (bicyclic) bond motifs is 7. The van der Waals surface area contributed by atoms with Gasteiger partial charge in [-0.3, -0.25) is 0 Å². The predicted molar refractivity (Wildman–Crippen MR) is 112 cm³/mol. The molecule has 0 N–H and O–H groups in total. The van der Waals surface area contributed by atoms with E-state index in [-0.39, 0.29) is 0 Å². The fourth-order valence-electron chi connectivity index (χ4n) is 4.33. The van der Waals surface area contributed by atoms with Gasteiger partial charge in [0.25, 0.3) is 0 Å². The molecule has 0 aromatic heterocycles. The summed E-state index contributed by atoms with van der Waals surface area (Å²) in [4.78, 5) is 1.63. The van der Waals surface area contributed by atoms with Crippen molar-refractivity contribution < 1.29 is 8.95 Å². The standard InChI is InChI=1S/C25H16O2S/c26-28-22-11-5-3-9-20(22)25(21-10-4-6-12-23(21)28)16-15-18-14-13-17-7-1-2-8-19(17)24(18)27-25/h1-16H. The van der Waals surface area contributed by atoms with Crippen molar-refractivity contribution in [2.75, 3.05) is 0 Å². The Kier molecular flexibility index (Phi) is 3.21. The van der Waals surface area contributed by atoms with Gasteiger partial charge < -0.3 is 4.74 Å². The minimum Gasteiger partial charge on any atom is -0.472 e. The average Bonchev–Trinajstić information content (AvgIpc) is 2.77. The molecule has 2 aliphatic heterocycles. The smallest absolute Gasteiger partial charge is 0.180 e. The van der Waals surface area contributed by atoms with Crippen molar-refractivity contribution >= 4 is 27.6 Å². The Morgan fingerprint density at radius 3 is 2.11 bits per heavy atom. The third kappa shape index (κ3) is 2.00. The first-order valence-electron chi connectivity index (χ1n) is 9.29. The summed E-state index contributed by atoms with van der Waals surface area (Å²) < 4.78 is 20.1. The van der Waals surface area contributed by atoms with Gasteiger partial charge in [0.2, 0.25) is 0 Å². The van der Waals surface area contributed by atoms with Crippen LogP contribution >= 0.6 is 0 Å². The van der Waals surface area contributed by atoms with Gasteiger partial charge in [-0.2, -0.15) is 0 Å². The lowest BCUT2D eigenvalue weighted by atomic mass is 9.83. The molecule has 0 aliphatic carbocycles. The fraction of sp³-hybridized carbons (Fsp3) is 0.0400. The summed E-state index contributed by atoms with van der Waals surface area (Å²) in [5.41, 5.74) is 2.17. The van der Waals surface area contributed by atoms with E-state index in [2.05, 4.69) is 36.4 Å². The van der Waals surface area contributed by atoms with Crippen molar-refractivity contribution in [1.82, 2.24) is 0 Å². The molecule has 1 spiro atoms. The molecule has 0 saturated heterocycles. The molecule has 0 unspecified atom stereocenters. The van der Waals surface area contributed by atoms with Crippen LogP contribution in [0.4, 0.5) is 0 Å². The van der Waals surface area contributed by atoms with E-state index in [1.54, 1.807) is 0 Å². The van der Waals surface area contributed by atoms with Crippen molar-refractivity contribution in [3.63, 3.8) is 0 Å². The van der Waals surface area contributed by atoms with E-state index in [9.17, 15) is 4.21 Å². The van der Waals surface area contributed by atoms with Crippen LogP contribution in [0.1, 0.15) is 16.7 Å². The molecular formula is C25H16O2S. The van der Waals surface area contributed by atoms with E-state index < -0.39 is 16.4 Å². The normalized spacial score (nSPS) is 21.6. The zero-order valence-electron chi connectivity index (χ0n) is 15.0. The molecule has 2 heterocycles. The molecule has 0 amide bonds. The van der Waals surface area contributed by atoms with Crippen LogP contribution in [0.25, 0.3) is 16.8 Å². The van der Waals surface area contributed by atoms with Gasteiger partial charge in [-0.05, 0) is 23.6 Å². The van der Waals surface area contributed by atoms with Crippen molar-refractivity contribution in [3.8, 4) is 5.75 Å². The largest absolute Gasteiger partial charge is 0.472 e. The lowest BCUT2D eigenvalue weighted by Gasteiger charge is -2.40. The predicted octanol–water partition coefficient (Wildman–Crippen LogP) is 5.67. The highest BCUT2D eigenvalue weighted by atomic mass is 32.2. The second-order valence-corrected chi connectivity index (χ2v) is 8.55. The van der Waals surface area contributed by atoms with Crippen LogP contribution in [-0.4, -0.2) is 4.21 Å². The Bertz CT molecular complexity index is 1270. The molecule has 0 atom stereocenters. The summed E-state index contributed by atoms with van der Waals surface area (Å²) in [6, 6.07) is 28.3. The first-order chi connectivity index (χ1) is 13.8. The first-order valence-corrected chi connectivity index (χ1v) is 10.4. The van der Waals surface area contributed by atoms with Crippen LogP contribution < -0.4 is 4.74 Å². The molecule has 134 valence electrons. The van der Waals surface area contributed by atoms with Gasteiger partial charge in [-0.1, -0.05) is 78.9 Å². The Morgan fingerprint density at radius 1 is 0.714 bits per heavy atom. The second-order valence-electron chi connectivity index (χ2n) is 7.14. The van der Waals surface area contributed by atoms with Crippen molar-refractivity contribution in [2.24, 2.45) is 0 Å². The molecule has 6 rings (SSSR count). The molecule has 0 fully saturated rings. The van der Waals surface area contributed by atoms with E-state index in [1.807, 2.05) is 60.7 Å². The summed E-state index contributed by atoms with van der Waals surface area (Å²) in [5, 5.41) is 2.23. The summed E-state index contributed by atoms with van der Waals surface area (Å²) in [6.07, 6.45) is 4.24. The summed E-state index contributed by atoms with van der Waals surface area (Å²) in [6.45, 7) is 0. The van der Waals surface area contributed by atoms with Crippen LogP contribution in [0.2, 0.25) is 0 Å². The van der Waals surface area contributed by atoms with Crippen LogP contribution in [0, 0.1) is 0 Å². The quantitative estimate of drug-likeness (QED) is 0.393. The molecule has 2 nitrogen and oxygen atoms in total. The van der Waals surface area contributed by atoms with Crippen molar-refractivity contribution in [3.05, 3.63) is 108 Å². The van der Waals surface area contributed by atoms with Gasteiger partial charge in [-0.15, -0.1) is 0 Å². The number of benzene rings is 4. The number of hydrogen-bond donors (Lipinski definition) is 0. The minimum absolute atomic E-state index is 0.780. The highest BCUT2D eigenvalue weighted by Crippen LogP contribution is 2.50. The maximum Gasteiger partial charge on any atom is 0.180 e. The zero-order chi connectivity index (χ0) is 18.7. The topological polar surface area (TPSA) is 26.3 Å². The molecule has 4 aromatic rings. The van der Waals surface area contributed by atoms with Gasteiger partial charge in [0, 0.05) is 22.1 Å². The molecular weight excluding hydrogens is 364 g/mol. The molecule has 2 aliphatic rings. The summed E-state index contributed by atoms with van der Waals surface area (Å²) in [5.74, 6) is 0.873. The van der Waals surface area contributed by atoms with E-state index in [4.69, 9.17) is 4.74 Å². The third-order valence-corrected chi connectivity index (χ3v) is 7.16. The minimum atomic E-state index is -1.22. The molecule has 3 heteroatoms. The van der Waals surface area contributed by atoms with Gasteiger partial charge in [-0.25, -0.2) is 4.21 Å². The SMILES string of the molecule is O=S1c2ccccc2C2(C=Cc3ccc4ccccc4c3O2)c2ccccc21. The fourth-order valence-corrected chi connectivity index (χ4v) is 5.81. The Balaban J connectivity index is 1.69. The van der Waals surface area contributed by atoms with Crippen LogP contribution in [0.15, 0.2) is 101 Å². The Morgan fingerprint density at radius 2 is 1.36 bits per heavy atom. The van der Waals surface area contributed by atoms with Gasteiger partial charge in [0.15, 0.2) is 5.60 Å². The van der Waals surface area contributed by atoms with E-state index in [1.165, 1.54) is 0 Å². The Labute approximate surface area is 165 Å². The van der Waals surface area contributed by atoms with Gasteiger partial charge >= 0.3 is 0 Å². The summed E-state index contributed by atoms with van der Waals surface area (Å²) >= 11 is 0. The maximum absolute atomic E-state index is 13.2. The van der Waals surface area contributed by atoms with Crippen LogP contribution in [-0.2, 0) is 16.4 Å². The average molecular weight is 380 g/mol. The number of ether oxygens (including phenoxy) is 1. The highest BCUT2D eigenvalue weighted by molar-refractivity contribution is 7.85. The number of rotatable bonds is 0. The zero-order valence-corrected chi connectivity index (χ0v) is 15.8. The van der Waals surface area contributed by atoms with Crippen LogP contribution in [0.5, 0.6) is 5.75 Å². The first kappa shape index (κ1) is 15.8. The third-order valence-electron chi connectivity index (χ3n) is 5.64. The lowest BCUT2D eigenvalue weighted by Crippen LogP contribution is -2.38. The van der Waals surface area contributed by atoms with Gasteiger partial charge in [0.05, 0.1) is 20.6 Å². The monoisotopic (exact) mass is 380 g/mol. The van der Waals surface area contributed by atoms with Crippen molar-refractivity contribution in [2.45, 2.75) is 15.4 Å². The molecule has 4 aromatic carbocycles. The molecule has 0 radical (unpaired) electrons. The van der Waals surface area contributed by atoms with E-state index in [0.29, 0.717) is 0 Å². The number of hydrogen-bond acceptors (Lipinski definition) is 2. The molecule has 28 heavy (non-hydrogen) atoms. The molecule has 0 bridgehead atoms. The van der Waals surface area contributed by atoms with Gasteiger partial charge in [0.1, 0.15) is 5.75 Å². The van der Waals surface area contributed by atoms with Crippen molar-refractivity contribution in [1.29, 1.82) is 0 Å². The summed E-state index contributed by atoms with van der Waals surface area (Å²) in [7, 11) is -1.22. The second kappa shape index (κ2) is 5.66. The maximum atomic E-state index is 13.2. The Hall–Kier alpha value is -3.17. The van der Waals surface area contributed by atoms with E-state index in [0.717, 1.165) is 43.0 Å². The lowest BCUT2D eigenvalue weighted by molar-refractivity contribution is 0.156. The van der Waals surface area contributed by atoms with E-state index >= 15 is 0 Å². The highest BCUT2D eigenvalue weighted by Gasteiger charge is 2.45. The van der Waals surface area contributed by atoms with Crippen LogP contribution in [0.3, 0.4) is 0 Å². The molecule has 0 saturated carbocycles.